The Bertz CT molecular complexity index is 860. The summed E-state index contributed by atoms with van der Waals surface area (Å²) in [5.41, 5.74) is 4.08. The average molecular weight is 367 g/mol. The lowest BCUT2D eigenvalue weighted by atomic mass is 10.1. The molecule has 134 valence electrons. The van der Waals surface area contributed by atoms with Gasteiger partial charge in [0.2, 0.25) is 5.91 Å². The Kier molecular flexibility index (Phi) is 5.73. The maximum Gasteiger partial charge on any atom is 0.239 e. The van der Waals surface area contributed by atoms with Crippen molar-refractivity contribution >= 4 is 28.5 Å². The van der Waals surface area contributed by atoms with Crippen LogP contribution >= 0.6 is 11.8 Å². The van der Waals surface area contributed by atoms with Crippen LogP contribution in [0.3, 0.4) is 0 Å². The summed E-state index contributed by atoms with van der Waals surface area (Å²) in [4.78, 5) is 12.2. The van der Waals surface area contributed by atoms with E-state index in [2.05, 4.69) is 34.6 Å². The standard InChI is InChI=1S/C20H21N3O2S/c1-13-5-4-6-15(11-13)12-18-19(24)21-20(26-18)23-22-14(2)16-7-9-17(25-3)10-8-16/h4-11,18H,12H2,1-3H3,(H,21,23,24)/b22-14-. The Morgan fingerprint density at radius 1 is 1.23 bits per heavy atom. The summed E-state index contributed by atoms with van der Waals surface area (Å²) in [5.74, 6) is 0.776. The van der Waals surface area contributed by atoms with Crippen molar-refractivity contribution in [3.8, 4) is 5.75 Å². The highest BCUT2D eigenvalue weighted by Crippen LogP contribution is 2.24. The van der Waals surface area contributed by atoms with E-state index < -0.39 is 0 Å². The van der Waals surface area contributed by atoms with Gasteiger partial charge in [0.25, 0.3) is 0 Å². The van der Waals surface area contributed by atoms with Crippen LogP contribution in [-0.4, -0.2) is 29.1 Å². The van der Waals surface area contributed by atoms with Crippen LogP contribution in [0.5, 0.6) is 5.75 Å². The number of methoxy groups -OCH3 is 1. The normalized spacial score (nSPS) is 18.9. The van der Waals surface area contributed by atoms with Crippen molar-refractivity contribution in [1.29, 1.82) is 0 Å². The third kappa shape index (κ3) is 4.52. The first kappa shape index (κ1) is 18.2. The zero-order chi connectivity index (χ0) is 18.5. The second kappa shape index (κ2) is 8.19. The largest absolute Gasteiger partial charge is 0.497 e. The molecule has 0 aromatic heterocycles. The van der Waals surface area contributed by atoms with Crippen molar-refractivity contribution in [2.45, 2.75) is 25.5 Å². The van der Waals surface area contributed by atoms with E-state index in [9.17, 15) is 4.79 Å². The summed E-state index contributed by atoms with van der Waals surface area (Å²) in [5, 5.41) is 11.6. The number of ether oxygens (including phenoxy) is 1. The van der Waals surface area contributed by atoms with Crippen molar-refractivity contribution in [2.24, 2.45) is 10.2 Å². The van der Waals surface area contributed by atoms with E-state index in [1.807, 2.05) is 43.3 Å². The van der Waals surface area contributed by atoms with Crippen LogP contribution in [0, 0.1) is 6.92 Å². The van der Waals surface area contributed by atoms with Crippen molar-refractivity contribution in [3.05, 3.63) is 65.2 Å². The fraction of sp³-hybridized carbons (Fsp3) is 0.250. The molecule has 1 atom stereocenters. The molecule has 1 amide bonds. The van der Waals surface area contributed by atoms with Gasteiger partial charge in [0, 0.05) is 0 Å². The van der Waals surface area contributed by atoms with Gasteiger partial charge in [0.1, 0.15) is 5.75 Å². The van der Waals surface area contributed by atoms with Crippen molar-refractivity contribution in [3.63, 3.8) is 0 Å². The molecule has 1 saturated heterocycles. The van der Waals surface area contributed by atoms with Gasteiger partial charge in [-0.15, -0.1) is 5.10 Å². The number of nitrogens with one attached hydrogen (secondary N) is 1. The molecular formula is C20H21N3O2S. The number of hydrogen-bond donors (Lipinski definition) is 1. The summed E-state index contributed by atoms with van der Waals surface area (Å²) in [6.45, 7) is 3.94. The highest BCUT2D eigenvalue weighted by Gasteiger charge is 2.30. The molecule has 26 heavy (non-hydrogen) atoms. The molecule has 0 spiro atoms. The fourth-order valence-electron chi connectivity index (χ4n) is 2.65. The molecule has 1 unspecified atom stereocenters. The molecule has 0 bridgehead atoms. The molecule has 1 N–H and O–H groups in total. The lowest BCUT2D eigenvalue weighted by molar-refractivity contribution is -0.118. The monoisotopic (exact) mass is 367 g/mol. The van der Waals surface area contributed by atoms with E-state index in [0.717, 1.165) is 22.6 Å². The Morgan fingerprint density at radius 2 is 2.00 bits per heavy atom. The van der Waals surface area contributed by atoms with Gasteiger partial charge in [0.05, 0.1) is 18.1 Å². The molecule has 1 fully saturated rings. The van der Waals surface area contributed by atoms with Crippen molar-refractivity contribution in [1.82, 2.24) is 5.32 Å². The van der Waals surface area contributed by atoms with Crippen LogP contribution in [0.15, 0.2) is 58.7 Å². The number of rotatable bonds is 5. The number of thioether (sulfide) groups is 1. The van der Waals surface area contributed by atoms with Gasteiger partial charge < -0.3 is 10.1 Å². The lowest BCUT2D eigenvalue weighted by Crippen LogP contribution is -2.26. The van der Waals surface area contributed by atoms with E-state index in [-0.39, 0.29) is 11.2 Å². The van der Waals surface area contributed by atoms with Gasteiger partial charge in [-0.2, -0.15) is 5.10 Å². The zero-order valence-corrected chi connectivity index (χ0v) is 15.8. The van der Waals surface area contributed by atoms with Gasteiger partial charge >= 0.3 is 0 Å². The number of nitrogens with zero attached hydrogens (tertiary/aromatic N) is 2. The molecule has 6 heteroatoms. The molecule has 0 saturated carbocycles. The molecule has 1 heterocycles. The van der Waals surface area contributed by atoms with Crippen LogP contribution in [-0.2, 0) is 11.2 Å². The number of amidine groups is 1. The third-order valence-corrected chi connectivity index (χ3v) is 5.15. The first-order chi connectivity index (χ1) is 12.5. The summed E-state index contributed by atoms with van der Waals surface area (Å²) in [7, 11) is 1.63. The zero-order valence-electron chi connectivity index (χ0n) is 15.0. The number of carbonyl (C=O) groups is 1. The number of benzene rings is 2. The minimum absolute atomic E-state index is 0.0208. The molecule has 2 aromatic carbocycles. The van der Waals surface area contributed by atoms with E-state index in [1.54, 1.807) is 7.11 Å². The smallest absolute Gasteiger partial charge is 0.239 e. The SMILES string of the molecule is COc1ccc(/C(C)=N\N=C2/NC(=O)C(Cc3cccc(C)c3)S2)cc1. The van der Waals surface area contributed by atoms with Gasteiger partial charge in [0.15, 0.2) is 5.17 Å². The highest BCUT2D eigenvalue weighted by atomic mass is 32.2. The van der Waals surface area contributed by atoms with E-state index in [1.165, 1.54) is 17.3 Å². The van der Waals surface area contributed by atoms with Gasteiger partial charge in [-0.05, 0) is 55.7 Å². The molecule has 2 aromatic rings. The van der Waals surface area contributed by atoms with E-state index in [0.29, 0.717) is 11.6 Å². The Balaban J connectivity index is 1.67. The Hall–Kier alpha value is -2.60. The summed E-state index contributed by atoms with van der Waals surface area (Å²) >= 11 is 1.42. The third-order valence-electron chi connectivity index (χ3n) is 4.08. The molecule has 1 aliphatic heterocycles. The molecule has 5 nitrogen and oxygen atoms in total. The lowest BCUT2D eigenvalue weighted by Gasteiger charge is -2.05. The first-order valence-electron chi connectivity index (χ1n) is 8.35. The number of amides is 1. The number of carbonyl (C=O) groups excluding carboxylic acids is 1. The predicted molar refractivity (Wildman–Crippen MR) is 107 cm³/mol. The molecule has 1 aliphatic rings. The maximum atomic E-state index is 12.2. The minimum Gasteiger partial charge on any atom is -0.497 e. The minimum atomic E-state index is -0.174. The number of aryl methyl sites for hydroxylation is 1. The summed E-state index contributed by atoms with van der Waals surface area (Å²) < 4.78 is 5.15. The Morgan fingerprint density at radius 3 is 2.69 bits per heavy atom. The molecule has 3 rings (SSSR count). The second-order valence-corrected chi connectivity index (χ2v) is 7.30. The fourth-order valence-corrected chi connectivity index (χ4v) is 3.61. The first-order valence-corrected chi connectivity index (χ1v) is 9.23. The van der Waals surface area contributed by atoms with Crippen LogP contribution in [0.1, 0.15) is 23.6 Å². The quantitative estimate of drug-likeness (QED) is 0.649. The second-order valence-electron chi connectivity index (χ2n) is 6.11. The Labute approximate surface area is 157 Å². The molecule has 0 radical (unpaired) electrons. The number of hydrogen-bond acceptors (Lipinski definition) is 5. The average Bonchev–Trinajstić information content (AvgIpc) is 2.99. The summed E-state index contributed by atoms with van der Waals surface area (Å²) in [6.07, 6.45) is 0.679. The topological polar surface area (TPSA) is 63.1 Å². The van der Waals surface area contributed by atoms with Crippen LogP contribution in [0.25, 0.3) is 0 Å². The van der Waals surface area contributed by atoms with E-state index >= 15 is 0 Å². The van der Waals surface area contributed by atoms with Crippen molar-refractivity contribution < 1.29 is 9.53 Å². The maximum absolute atomic E-state index is 12.2. The summed E-state index contributed by atoms with van der Waals surface area (Å²) in [6, 6.07) is 15.8. The van der Waals surface area contributed by atoms with Crippen molar-refractivity contribution in [2.75, 3.05) is 7.11 Å². The van der Waals surface area contributed by atoms with Gasteiger partial charge in [-0.25, -0.2) is 0 Å². The van der Waals surface area contributed by atoms with Crippen LogP contribution in [0.2, 0.25) is 0 Å². The predicted octanol–water partition coefficient (Wildman–Crippen LogP) is 3.56. The molecule has 0 aliphatic carbocycles. The highest BCUT2D eigenvalue weighted by molar-refractivity contribution is 8.15. The van der Waals surface area contributed by atoms with Crippen LogP contribution < -0.4 is 10.1 Å². The van der Waals surface area contributed by atoms with Gasteiger partial charge in [-0.1, -0.05) is 41.6 Å². The van der Waals surface area contributed by atoms with Crippen LogP contribution in [0.4, 0.5) is 0 Å². The van der Waals surface area contributed by atoms with E-state index in [4.69, 9.17) is 4.74 Å². The molecular weight excluding hydrogens is 346 g/mol. The van der Waals surface area contributed by atoms with Gasteiger partial charge in [-0.3, -0.25) is 4.79 Å².